The molecule has 134 valence electrons. The molecular formula is C21H21O3PS. The minimum absolute atomic E-state index is 0.0561. The maximum Gasteiger partial charge on any atom is 0.294 e. The lowest BCUT2D eigenvalue weighted by Gasteiger charge is -2.20. The van der Waals surface area contributed by atoms with Crippen LogP contribution in [0.2, 0.25) is 0 Å². The molecular weight excluding hydrogens is 363 g/mol. The van der Waals surface area contributed by atoms with Gasteiger partial charge in [-0.25, -0.2) is 0 Å². The van der Waals surface area contributed by atoms with E-state index in [-0.39, 0.29) is 4.90 Å². The van der Waals surface area contributed by atoms with Crippen LogP contribution in [0.4, 0.5) is 0 Å². The molecule has 0 fully saturated rings. The number of hydrogen-bond acceptors (Lipinski definition) is 2. The van der Waals surface area contributed by atoms with Crippen LogP contribution in [-0.2, 0) is 16.3 Å². The maximum atomic E-state index is 11.6. The molecule has 0 amide bonds. The van der Waals surface area contributed by atoms with Gasteiger partial charge in [-0.3, -0.25) is 4.55 Å². The molecule has 0 aliphatic rings. The summed E-state index contributed by atoms with van der Waals surface area (Å²) in [7, 11) is -5.01. The Morgan fingerprint density at radius 2 is 1.38 bits per heavy atom. The van der Waals surface area contributed by atoms with Crippen molar-refractivity contribution in [2.75, 3.05) is 0 Å². The zero-order valence-electron chi connectivity index (χ0n) is 14.8. The Morgan fingerprint density at radius 1 is 0.808 bits per heavy atom. The van der Waals surface area contributed by atoms with E-state index in [0.29, 0.717) is 0 Å². The molecule has 0 radical (unpaired) electrons. The van der Waals surface area contributed by atoms with Crippen molar-refractivity contribution in [2.45, 2.75) is 24.9 Å². The highest BCUT2D eigenvalue weighted by molar-refractivity contribution is 7.86. The van der Waals surface area contributed by atoms with Crippen molar-refractivity contribution in [1.82, 2.24) is 0 Å². The molecule has 3 aromatic carbocycles. The van der Waals surface area contributed by atoms with Crippen LogP contribution in [-0.4, -0.2) is 13.0 Å². The Kier molecular flexibility index (Phi) is 5.57. The first kappa shape index (κ1) is 18.8. The molecule has 0 aliphatic heterocycles. The Hall–Kier alpha value is -2.00. The van der Waals surface area contributed by atoms with Gasteiger partial charge in [-0.2, -0.15) is 8.42 Å². The van der Waals surface area contributed by atoms with E-state index in [4.69, 9.17) is 0 Å². The van der Waals surface area contributed by atoms with Crippen LogP contribution in [0.15, 0.2) is 77.7 Å². The van der Waals surface area contributed by atoms with Gasteiger partial charge in [0.05, 0.1) is 4.90 Å². The summed E-state index contributed by atoms with van der Waals surface area (Å²) in [5.41, 5.74) is 3.59. The Balaban J connectivity index is 2.09. The highest BCUT2D eigenvalue weighted by atomic mass is 32.2. The lowest BCUT2D eigenvalue weighted by molar-refractivity contribution is 0.483. The molecule has 0 saturated carbocycles. The minimum atomic E-state index is -4.22. The lowest BCUT2D eigenvalue weighted by atomic mass is 10.2. The van der Waals surface area contributed by atoms with Crippen LogP contribution in [0.25, 0.3) is 0 Å². The molecule has 1 atom stereocenters. The van der Waals surface area contributed by atoms with Gasteiger partial charge in [0.2, 0.25) is 0 Å². The van der Waals surface area contributed by atoms with E-state index >= 15 is 0 Å². The first-order chi connectivity index (χ1) is 12.3. The normalized spacial score (nSPS) is 12.7. The molecule has 0 aliphatic carbocycles. The summed E-state index contributed by atoms with van der Waals surface area (Å²) in [5.74, 6) is 0. The van der Waals surface area contributed by atoms with Gasteiger partial charge in [-0.15, -0.1) is 0 Å². The summed E-state index contributed by atoms with van der Waals surface area (Å²) in [5, 5.41) is 2.12. The van der Waals surface area contributed by atoms with Crippen LogP contribution in [0.1, 0.15) is 16.7 Å². The Labute approximate surface area is 156 Å². The zero-order chi connectivity index (χ0) is 18.7. The summed E-state index contributed by atoms with van der Waals surface area (Å²) < 4.78 is 32.5. The number of benzene rings is 3. The third-order valence-corrected chi connectivity index (χ3v) is 7.50. The summed E-state index contributed by atoms with van der Waals surface area (Å²) in [6.45, 7) is 4.12. The van der Waals surface area contributed by atoms with E-state index in [1.807, 2.05) is 18.2 Å². The molecule has 3 aromatic rings. The molecule has 3 rings (SSSR count). The molecule has 0 saturated heterocycles. The van der Waals surface area contributed by atoms with E-state index in [1.165, 1.54) is 28.1 Å². The van der Waals surface area contributed by atoms with Crippen molar-refractivity contribution in [3.05, 3.63) is 89.5 Å². The molecule has 26 heavy (non-hydrogen) atoms. The van der Waals surface area contributed by atoms with Crippen molar-refractivity contribution in [1.29, 1.82) is 0 Å². The minimum Gasteiger partial charge on any atom is -0.282 e. The van der Waals surface area contributed by atoms with E-state index < -0.39 is 18.0 Å². The maximum absolute atomic E-state index is 11.6. The summed E-state index contributed by atoms with van der Waals surface area (Å²) in [6, 6.07) is 23.4. The number of hydrogen-bond donors (Lipinski definition) is 1. The summed E-state index contributed by atoms with van der Waals surface area (Å²) >= 11 is 0. The third kappa shape index (κ3) is 4.59. The zero-order valence-corrected chi connectivity index (χ0v) is 16.5. The van der Waals surface area contributed by atoms with Crippen molar-refractivity contribution in [2.24, 2.45) is 0 Å². The van der Waals surface area contributed by atoms with Crippen molar-refractivity contribution < 1.29 is 13.0 Å². The smallest absolute Gasteiger partial charge is 0.282 e. The fourth-order valence-electron chi connectivity index (χ4n) is 2.93. The fourth-order valence-corrected chi connectivity index (χ4v) is 5.96. The second-order valence-corrected chi connectivity index (χ2v) is 10.0. The highest BCUT2D eigenvalue weighted by Gasteiger charge is 2.18. The van der Waals surface area contributed by atoms with E-state index in [9.17, 15) is 13.0 Å². The van der Waals surface area contributed by atoms with Gasteiger partial charge in [-0.1, -0.05) is 71.8 Å². The molecule has 3 nitrogen and oxygen atoms in total. The average Bonchev–Trinajstić information content (AvgIpc) is 2.59. The quantitative estimate of drug-likeness (QED) is 0.530. The van der Waals surface area contributed by atoms with Gasteiger partial charge in [0, 0.05) is 6.16 Å². The topological polar surface area (TPSA) is 54.4 Å². The molecule has 5 heteroatoms. The molecule has 1 unspecified atom stereocenters. The van der Waals surface area contributed by atoms with Gasteiger partial charge in [0.1, 0.15) is 0 Å². The molecule has 1 N–H and O–H groups in total. The molecule has 0 heterocycles. The van der Waals surface area contributed by atoms with Crippen LogP contribution < -0.4 is 10.6 Å². The predicted molar refractivity (Wildman–Crippen MR) is 109 cm³/mol. The predicted octanol–water partition coefficient (Wildman–Crippen LogP) is 4.18. The van der Waals surface area contributed by atoms with E-state index in [2.05, 4.69) is 50.2 Å². The first-order valence-corrected chi connectivity index (χ1v) is 11.3. The SMILES string of the molecule is Cc1cccc(CP(c2cccc(C)c2)c2cccc(S(=O)(=O)O)c2)c1. The van der Waals surface area contributed by atoms with E-state index in [1.54, 1.807) is 12.1 Å². The monoisotopic (exact) mass is 384 g/mol. The number of aryl methyl sites for hydroxylation is 2. The summed E-state index contributed by atoms with van der Waals surface area (Å²) in [4.78, 5) is -0.0561. The largest absolute Gasteiger partial charge is 0.294 e. The Morgan fingerprint density at radius 3 is 2.00 bits per heavy atom. The lowest BCUT2D eigenvalue weighted by Crippen LogP contribution is -2.15. The molecule has 0 spiro atoms. The second-order valence-electron chi connectivity index (χ2n) is 6.39. The highest BCUT2D eigenvalue weighted by Crippen LogP contribution is 2.38. The molecule has 0 bridgehead atoms. The van der Waals surface area contributed by atoms with Crippen molar-refractivity contribution in [3.63, 3.8) is 0 Å². The van der Waals surface area contributed by atoms with Gasteiger partial charge in [-0.05, 0) is 50.1 Å². The van der Waals surface area contributed by atoms with Crippen LogP contribution >= 0.6 is 7.92 Å². The van der Waals surface area contributed by atoms with Gasteiger partial charge in [0.15, 0.2) is 0 Å². The van der Waals surface area contributed by atoms with Crippen LogP contribution in [0.5, 0.6) is 0 Å². The third-order valence-electron chi connectivity index (χ3n) is 4.16. The van der Waals surface area contributed by atoms with E-state index in [0.717, 1.165) is 11.5 Å². The Bertz CT molecular complexity index is 1030. The van der Waals surface area contributed by atoms with Crippen molar-refractivity contribution >= 4 is 28.6 Å². The van der Waals surface area contributed by atoms with Crippen LogP contribution in [0.3, 0.4) is 0 Å². The summed E-state index contributed by atoms with van der Waals surface area (Å²) in [6.07, 6.45) is 0.815. The first-order valence-electron chi connectivity index (χ1n) is 8.30. The van der Waals surface area contributed by atoms with Gasteiger partial charge < -0.3 is 0 Å². The number of rotatable bonds is 5. The molecule has 0 aromatic heterocycles. The fraction of sp³-hybridized carbons (Fsp3) is 0.143. The average molecular weight is 384 g/mol. The van der Waals surface area contributed by atoms with Crippen molar-refractivity contribution in [3.8, 4) is 0 Å². The second kappa shape index (κ2) is 7.71. The van der Waals surface area contributed by atoms with Gasteiger partial charge in [0.25, 0.3) is 10.1 Å². The van der Waals surface area contributed by atoms with Gasteiger partial charge >= 0.3 is 0 Å². The van der Waals surface area contributed by atoms with Crippen LogP contribution in [0, 0.1) is 13.8 Å². The standard InChI is InChI=1S/C21H21O3PS/c1-16-6-3-8-18(12-16)15-25(19-9-4-7-17(2)13-19)20-10-5-11-21(14-20)26(22,23)24/h3-14H,15H2,1-2H3,(H,22,23,24).